The van der Waals surface area contributed by atoms with Gasteiger partial charge in [-0.2, -0.15) is 0 Å². The summed E-state index contributed by atoms with van der Waals surface area (Å²) in [5.74, 6) is -2.14. The molecule has 0 saturated carbocycles. The Morgan fingerprint density at radius 1 is 1.26 bits per heavy atom. The zero-order valence-corrected chi connectivity index (χ0v) is 19.5. The molecule has 2 aliphatic rings. The largest absolute Gasteiger partial charge is 0.480 e. The van der Waals surface area contributed by atoms with Gasteiger partial charge < -0.3 is 27.2 Å². The number of benzene rings is 1. The summed E-state index contributed by atoms with van der Waals surface area (Å²) in [5.41, 5.74) is 12.1. The molecule has 0 radical (unpaired) electrons. The fourth-order valence-corrected chi connectivity index (χ4v) is 5.08. The first-order chi connectivity index (χ1) is 16.2. The molecule has 0 spiro atoms. The Balaban J connectivity index is 1.62. The molecule has 3 amide bonds. The maximum absolute atomic E-state index is 13.0. The molecule has 0 aromatic heterocycles. The number of β-lactam (4-membered cyclic amide) rings is 1. The molecule has 7 N–H and O–H groups in total. The molecular weight excluding hydrogens is 460 g/mol. The first kappa shape index (κ1) is 25.1. The monoisotopic (exact) mass is 488 g/mol. The van der Waals surface area contributed by atoms with Gasteiger partial charge in [0.15, 0.2) is 5.96 Å². The van der Waals surface area contributed by atoms with Gasteiger partial charge in [0.25, 0.3) is 11.8 Å². The van der Waals surface area contributed by atoms with Gasteiger partial charge >= 0.3 is 5.97 Å². The number of carbonyl (C=O) groups excluding carboxylic acids is 3. The molecule has 182 valence electrons. The van der Waals surface area contributed by atoms with Crippen LogP contribution in [0.3, 0.4) is 0 Å². The SMILES string of the molecule is CC1=C(C(=O)NC(CCCN=C(N)N)C(=O)O)N2C(=O)C(NC(=O)Cc3ccccc3)C2SC1. The minimum atomic E-state index is -1.20. The van der Waals surface area contributed by atoms with Gasteiger partial charge in [-0.25, -0.2) is 4.79 Å². The predicted octanol–water partition coefficient (Wildman–Crippen LogP) is -0.474. The molecule has 3 rings (SSSR count). The maximum Gasteiger partial charge on any atom is 0.326 e. The van der Waals surface area contributed by atoms with E-state index in [1.165, 1.54) is 16.7 Å². The highest BCUT2D eigenvalue weighted by molar-refractivity contribution is 8.00. The first-order valence-corrected chi connectivity index (χ1v) is 11.8. The van der Waals surface area contributed by atoms with Crippen molar-refractivity contribution < 1.29 is 24.3 Å². The highest BCUT2D eigenvalue weighted by Crippen LogP contribution is 2.40. The van der Waals surface area contributed by atoms with Gasteiger partial charge in [-0.1, -0.05) is 30.3 Å². The van der Waals surface area contributed by atoms with Crippen molar-refractivity contribution in [3.8, 4) is 0 Å². The van der Waals surface area contributed by atoms with Crippen molar-refractivity contribution in [2.45, 2.75) is 43.6 Å². The van der Waals surface area contributed by atoms with E-state index in [0.29, 0.717) is 17.7 Å². The highest BCUT2D eigenvalue weighted by atomic mass is 32.2. The van der Waals surface area contributed by atoms with E-state index in [-0.39, 0.29) is 37.0 Å². The Bertz CT molecular complexity index is 1020. The fraction of sp³-hybridized carbons (Fsp3) is 0.409. The molecule has 1 aromatic carbocycles. The standard InChI is InChI=1S/C22H28N6O5S/c1-12-11-34-20-16(27-15(29)10-13-6-3-2-4-7-13)19(31)28(20)17(12)18(30)26-14(21(32)33)8-5-9-25-22(23)24/h2-4,6-7,14,16,20H,5,8-11H2,1H3,(H,26,30)(H,27,29)(H,32,33)(H4,23,24,25). The lowest BCUT2D eigenvalue weighted by molar-refractivity contribution is -0.148. The van der Waals surface area contributed by atoms with Crippen LogP contribution < -0.4 is 22.1 Å². The summed E-state index contributed by atoms with van der Waals surface area (Å²) in [5, 5.41) is 14.3. The Morgan fingerprint density at radius 2 is 1.97 bits per heavy atom. The minimum absolute atomic E-state index is 0.0934. The highest BCUT2D eigenvalue weighted by Gasteiger charge is 2.53. The van der Waals surface area contributed by atoms with Crippen molar-refractivity contribution >= 4 is 41.4 Å². The number of thioether (sulfide) groups is 1. The Labute approximate surface area is 201 Å². The lowest BCUT2D eigenvalue weighted by Crippen LogP contribution is -2.71. The number of carbonyl (C=O) groups is 4. The average Bonchev–Trinajstić information content (AvgIpc) is 2.79. The molecule has 1 saturated heterocycles. The zero-order chi connectivity index (χ0) is 24.8. The number of hydrogen-bond acceptors (Lipinski definition) is 6. The van der Waals surface area contributed by atoms with Crippen LogP contribution in [0.4, 0.5) is 0 Å². The number of carboxylic acids is 1. The Kier molecular flexibility index (Phi) is 8.16. The van der Waals surface area contributed by atoms with E-state index in [0.717, 1.165) is 5.56 Å². The van der Waals surface area contributed by atoms with Crippen LogP contribution in [0.2, 0.25) is 0 Å². The van der Waals surface area contributed by atoms with Gasteiger partial charge in [0.2, 0.25) is 5.91 Å². The van der Waals surface area contributed by atoms with Crippen molar-refractivity contribution in [3.05, 3.63) is 47.2 Å². The quantitative estimate of drug-likeness (QED) is 0.127. The molecule has 0 bridgehead atoms. The van der Waals surface area contributed by atoms with Gasteiger partial charge in [0.1, 0.15) is 23.2 Å². The van der Waals surface area contributed by atoms with Crippen LogP contribution in [-0.2, 0) is 25.6 Å². The number of nitrogens with two attached hydrogens (primary N) is 2. The van der Waals surface area contributed by atoms with Crippen LogP contribution in [0, 0.1) is 0 Å². The molecule has 34 heavy (non-hydrogen) atoms. The number of aliphatic carboxylic acids is 1. The summed E-state index contributed by atoms with van der Waals surface area (Å²) in [7, 11) is 0. The second-order valence-corrected chi connectivity index (χ2v) is 9.16. The van der Waals surface area contributed by atoms with E-state index in [1.807, 2.05) is 30.3 Å². The molecule has 2 aliphatic heterocycles. The molecule has 0 aliphatic carbocycles. The number of rotatable bonds is 10. The number of carboxylic acid groups (broad SMARTS) is 1. The lowest BCUT2D eigenvalue weighted by Gasteiger charge is -2.50. The Morgan fingerprint density at radius 3 is 2.62 bits per heavy atom. The molecule has 2 heterocycles. The molecule has 3 unspecified atom stereocenters. The summed E-state index contributed by atoms with van der Waals surface area (Å²) >= 11 is 1.44. The fourth-order valence-electron chi connectivity index (χ4n) is 3.79. The van der Waals surface area contributed by atoms with Crippen LogP contribution >= 0.6 is 11.8 Å². The van der Waals surface area contributed by atoms with E-state index in [4.69, 9.17) is 11.5 Å². The van der Waals surface area contributed by atoms with Gasteiger partial charge in [-0.3, -0.25) is 24.3 Å². The third-order valence-electron chi connectivity index (χ3n) is 5.45. The van der Waals surface area contributed by atoms with E-state index >= 15 is 0 Å². The number of guanidine groups is 1. The van der Waals surface area contributed by atoms with Gasteiger partial charge in [0.05, 0.1) is 6.42 Å². The number of amides is 3. The number of aliphatic imine (C=N–C) groups is 1. The topological polar surface area (TPSA) is 180 Å². The molecule has 1 aromatic rings. The minimum Gasteiger partial charge on any atom is -0.480 e. The van der Waals surface area contributed by atoms with E-state index < -0.39 is 35.2 Å². The number of nitrogens with one attached hydrogen (secondary N) is 2. The van der Waals surface area contributed by atoms with Gasteiger partial charge in [0, 0.05) is 12.3 Å². The van der Waals surface area contributed by atoms with Gasteiger partial charge in [-0.05, 0) is 30.9 Å². The van der Waals surface area contributed by atoms with Crippen LogP contribution in [0.1, 0.15) is 25.3 Å². The first-order valence-electron chi connectivity index (χ1n) is 10.8. The summed E-state index contributed by atoms with van der Waals surface area (Å²) in [6.45, 7) is 1.96. The number of fused-ring (bicyclic) bond motifs is 1. The summed E-state index contributed by atoms with van der Waals surface area (Å²) in [4.78, 5) is 55.0. The molecular formula is C22H28N6O5S. The van der Waals surface area contributed by atoms with Gasteiger partial charge in [-0.15, -0.1) is 11.8 Å². The summed E-state index contributed by atoms with van der Waals surface area (Å²) in [6, 6.07) is 7.27. The molecule has 12 heteroatoms. The van der Waals surface area contributed by atoms with Crippen LogP contribution in [0.15, 0.2) is 46.6 Å². The maximum atomic E-state index is 13.0. The van der Waals surface area contributed by atoms with E-state index in [2.05, 4.69) is 15.6 Å². The van der Waals surface area contributed by atoms with Crippen molar-refractivity contribution in [3.63, 3.8) is 0 Å². The van der Waals surface area contributed by atoms with Crippen LogP contribution in [0.5, 0.6) is 0 Å². The number of hydrogen-bond donors (Lipinski definition) is 5. The lowest BCUT2D eigenvalue weighted by atomic mass is 10.0. The van der Waals surface area contributed by atoms with Crippen molar-refractivity contribution in [2.75, 3.05) is 12.3 Å². The average molecular weight is 489 g/mol. The van der Waals surface area contributed by atoms with Crippen molar-refractivity contribution in [1.29, 1.82) is 0 Å². The van der Waals surface area contributed by atoms with Crippen LogP contribution in [0.25, 0.3) is 0 Å². The van der Waals surface area contributed by atoms with Crippen LogP contribution in [-0.4, -0.2) is 69.4 Å². The zero-order valence-electron chi connectivity index (χ0n) is 18.7. The Hall–Kier alpha value is -3.54. The van der Waals surface area contributed by atoms with Crippen molar-refractivity contribution in [1.82, 2.24) is 15.5 Å². The second-order valence-electron chi connectivity index (χ2n) is 8.06. The van der Waals surface area contributed by atoms with Crippen molar-refractivity contribution in [2.24, 2.45) is 16.5 Å². The van der Waals surface area contributed by atoms with E-state index in [1.54, 1.807) is 6.92 Å². The molecule has 3 atom stereocenters. The number of nitrogens with zero attached hydrogens (tertiary/aromatic N) is 2. The normalized spacial score (nSPS) is 20.0. The molecule has 1 fully saturated rings. The summed E-state index contributed by atoms with van der Waals surface area (Å²) in [6.07, 6.45) is 0.614. The third-order valence-corrected chi connectivity index (χ3v) is 6.87. The second kappa shape index (κ2) is 11.1. The predicted molar refractivity (Wildman–Crippen MR) is 127 cm³/mol. The third kappa shape index (κ3) is 5.87. The summed E-state index contributed by atoms with van der Waals surface area (Å²) < 4.78 is 0. The molecule has 11 nitrogen and oxygen atoms in total. The van der Waals surface area contributed by atoms with E-state index in [9.17, 15) is 24.3 Å². The smallest absolute Gasteiger partial charge is 0.326 e.